The molecule has 8 heteroatoms. The second kappa shape index (κ2) is 4.31. The van der Waals surface area contributed by atoms with Crippen LogP contribution in [0, 0.1) is 6.92 Å². The van der Waals surface area contributed by atoms with Gasteiger partial charge in [0.05, 0.1) is 10.5 Å². The molecule has 0 aliphatic carbocycles. The number of rotatable bonds is 2. The number of isocyanates is 1. The molecular weight excluding hydrogens is 259 g/mol. The molecule has 0 heterocycles. The predicted molar refractivity (Wildman–Crippen MR) is 51.5 cm³/mol. The second-order valence-electron chi connectivity index (χ2n) is 3.08. The Bertz CT molecular complexity index is 586. The minimum atomic E-state index is -4.67. The van der Waals surface area contributed by atoms with E-state index in [9.17, 15) is 26.4 Å². The fourth-order valence-corrected chi connectivity index (χ4v) is 2.24. The molecule has 0 aliphatic rings. The van der Waals surface area contributed by atoms with Gasteiger partial charge in [-0.2, -0.15) is 21.6 Å². The Morgan fingerprint density at radius 3 is 2.35 bits per heavy atom. The molecular formula is C9H6F3NO3S. The minimum absolute atomic E-state index is 0.501. The van der Waals surface area contributed by atoms with Crippen molar-refractivity contribution < 1.29 is 26.4 Å². The van der Waals surface area contributed by atoms with E-state index in [1.54, 1.807) is 0 Å². The van der Waals surface area contributed by atoms with E-state index in [1.165, 1.54) is 0 Å². The summed E-state index contributed by atoms with van der Waals surface area (Å²) in [5.74, 6) is 0. The zero-order valence-corrected chi connectivity index (χ0v) is 9.26. The van der Waals surface area contributed by atoms with E-state index < -0.39 is 32.2 Å². The molecule has 0 fully saturated rings. The van der Waals surface area contributed by atoms with Crippen LogP contribution in [0.1, 0.15) is 11.1 Å². The van der Waals surface area contributed by atoms with Crippen molar-refractivity contribution in [2.24, 2.45) is 4.40 Å². The molecule has 1 aromatic rings. The Hall–Kier alpha value is -1.66. The van der Waals surface area contributed by atoms with Crippen molar-refractivity contribution in [2.75, 3.05) is 0 Å². The van der Waals surface area contributed by atoms with Gasteiger partial charge in [-0.3, -0.25) is 0 Å². The van der Waals surface area contributed by atoms with Crippen molar-refractivity contribution in [3.63, 3.8) is 0 Å². The van der Waals surface area contributed by atoms with Crippen LogP contribution in [0.25, 0.3) is 0 Å². The van der Waals surface area contributed by atoms with Gasteiger partial charge in [-0.25, -0.2) is 4.79 Å². The van der Waals surface area contributed by atoms with Gasteiger partial charge in [0.25, 0.3) is 16.1 Å². The second-order valence-corrected chi connectivity index (χ2v) is 4.66. The molecule has 0 unspecified atom stereocenters. The molecule has 0 saturated heterocycles. The first-order valence-corrected chi connectivity index (χ1v) is 5.65. The van der Waals surface area contributed by atoms with Crippen LogP contribution >= 0.6 is 0 Å². The molecule has 0 amide bonds. The molecule has 0 atom stereocenters. The van der Waals surface area contributed by atoms with E-state index in [-0.39, 0.29) is 0 Å². The van der Waals surface area contributed by atoms with Crippen molar-refractivity contribution >= 4 is 16.1 Å². The van der Waals surface area contributed by atoms with Gasteiger partial charge in [0.15, 0.2) is 0 Å². The van der Waals surface area contributed by atoms with E-state index in [1.807, 2.05) is 0 Å². The first kappa shape index (κ1) is 13.4. The van der Waals surface area contributed by atoms with Crippen molar-refractivity contribution in [1.82, 2.24) is 0 Å². The zero-order valence-electron chi connectivity index (χ0n) is 8.45. The maximum atomic E-state index is 12.5. The number of hydrogen-bond acceptors (Lipinski definition) is 3. The SMILES string of the molecule is Cc1c(C(F)(F)F)cccc1S(=O)(=O)N=C=O. The fraction of sp³-hybridized carbons (Fsp3) is 0.222. The van der Waals surface area contributed by atoms with Crippen molar-refractivity contribution in [1.29, 1.82) is 0 Å². The third-order valence-corrected chi connectivity index (χ3v) is 3.34. The monoisotopic (exact) mass is 265 g/mol. The van der Waals surface area contributed by atoms with Gasteiger partial charge in [-0.1, -0.05) is 10.5 Å². The Morgan fingerprint density at radius 1 is 1.29 bits per heavy atom. The molecule has 1 rings (SSSR count). The summed E-state index contributed by atoms with van der Waals surface area (Å²) >= 11 is 0. The molecule has 17 heavy (non-hydrogen) atoms. The number of sulfonamides is 1. The molecule has 0 N–H and O–H groups in total. The Labute approximate surface area is 94.8 Å². The number of carbonyl (C=O) groups excluding carboxylic acids is 1. The number of alkyl halides is 3. The Balaban J connectivity index is 3.55. The molecule has 4 nitrogen and oxygen atoms in total. The van der Waals surface area contributed by atoms with Gasteiger partial charge in [0, 0.05) is 0 Å². The van der Waals surface area contributed by atoms with E-state index in [4.69, 9.17) is 0 Å². The normalized spacial score (nSPS) is 12.0. The van der Waals surface area contributed by atoms with Crippen LogP contribution < -0.4 is 0 Å². The highest BCUT2D eigenvalue weighted by molar-refractivity contribution is 7.90. The van der Waals surface area contributed by atoms with Gasteiger partial charge in [-0.15, -0.1) is 0 Å². The van der Waals surface area contributed by atoms with Crippen molar-refractivity contribution in [3.8, 4) is 0 Å². The molecule has 0 aliphatic heterocycles. The highest BCUT2D eigenvalue weighted by Gasteiger charge is 2.34. The van der Waals surface area contributed by atoms with Crippen LogP contribution in [-0.2, 0) is 21.0 Å². The summed E-state index contributed by atoms with van der Waals surface area (Å²) < 4.78 is 62.7. The molecule has 0 radical (unpaired) electrons. The van der Waals surface area contributed by atoms with Crippen LogP contribution in [0.2, 0.25) is 0 Å². The number of halogens is 3. The van der Waals surface area contributed by atoms with Crippen LogP contribution in [0.15, 0.2) is 27.5 Å². The first-order valence-electron chi connectivity index (χ1n) is 4.21. The quantitative estimate of drug-likeness (QED) is 0.607. The fourth-order valence-electron chi connectivity index (χ4n) is 1.30. The molecule has 1 aromatic carbocycles. The summed E-state index contributed by atoms with van der Waals surface area (Å²) in [6.45, 7) is 0.996. The van der Waals surface area contributed by atoms with Gasteiger partial charge in [0.1, 0.15) is 0 Å². The van der Waals surface area contributed by atoms with Gasteiger partial charge < -0.3 is 0 Å². The third kappa shape index (κ3) is 2.72. The lowest BCUT2D eigenvalue weighted by Gasteiger charge is -2.11. The van der Waals surface area contributed by atoms with Crippen LogP contribution in [0.3, 0.4) is 0 Å². The maximum Gasteiger partial charge on any atom is 0.416 e. The number of benzene rings is 1. The summed E-state index contributed by atoms with van der Waals surface area (Å²) in [7, 11) is -4.42. The highest BCUT2D eigenvalue weighted by Crippen LogP contribution is 2.34. The lowest BCUT2D eigenvalue weighted by molar-refractivity contribution is -0.138. The molecule has 0 spiro atoms. The standard InChI is InChI=1S/C9H6F3NO3S/c1-6-7(9(10,11)12)3-2-4-8(6)17(15,16)13-5-14/h2-4H,1H3. The average Bonchev–Trinajstić information content (AvgIpc) is 2.15. The number of nitrogens with zero attached hydrogens (tertiary/aromatic N) is 1. The van der Waals surface area contributed by atoms with E-state index in [0.717, 1.165) is 31.2 Å². The Morgan fingerprint density at radius 2 is 1.88 bits per heavy atom. The van der Waals surface area contributed by atoms with Crippen LogP contribution in [-0.4, -0.2) is 14.5 Å². The third-order valence-electron chi connectivity index (χ3n) is 2.02. The lowest BCUT2D eigenvalue weighted by atomic mass is 10.1. The summed E-state index contributed by atoms with van der Waals surface area (Å²) in [6, 6.07) is 2.63. The number of hydrogen-bond donors (Lipinski definition) is 0. The molecule has 0 saturated carbocycles. The lowest BCUT2D eigenvalue weighted by Crippen LogP contribution is -2.10. The molecule has 0 aromatic heterocycles. The van der Waals surface area contributed by atoms with Crippen LogP contribution in [0.5, 0.6) is 0 Å². The topological polar surface area (TPSA) is 63.6 Å². The summed E-state index contributed by atoms with van der Waals surface area (Å²) in [4.78, 5) is 9.24. The van der Waals surface area contributed by atoms with E-state index in [2.05, 4.69) is 4.40 Å². The van der Waals surface area contributed by atoms with Gasteiger partial charge in [0.2, 0.25) is 0 Å². The predicted octanol–water partition coefficient (Wildman–Crippen LogP) is 2.04. The molecule has 0 bridgehead atoms. The summed E-state index contributed by atoms with van der Waals surface area (Å²) in [6.07, 6.45) is -3.87. The van der Waals surface area contributed by atoms with Crippen molar-refractivity contribution in [2.45, 2.75) is 18.0 Å². The average molecular weight is 265 g/mol. The first-order chi connectivity index (χ1) is 7.70. The van der Waals surface area contributed by atoms with Gasteiger partial charge >= 0.3 is 6.18 Å². The smallest absolute Gasteiger partial charge is 0.210 e. The minimum Gasteiger partial charge on any atom is -0.210 e. The zero-order chi connectivity index (χ0) is 13.3. The van der Waals surface area contributed by atoms with E-state index >= 15 is 0 Å². The Kier molecular flexibility index (Phi) is 3.40. The van der Waals surface area contributed by atoms with Gasteiger partial charge in [-0.05, 0) is 24.6 Å². The largest absolute Gasteiger partial charge is 0.416 e. The maximum absolute atomic E-state index is 12.5. The van der Waals surface area contributed by atoms with E-state index in [0.29, 0.717) is 0 Å². The summed E-state index contributed by atoms with van der Waals surface area (Å²) in [5.41, 5.74) is -1.58. The van der Waals surface area contributed by atoms with Crippen molar-refractivity contribution in [3.05, 3.63) is 29.3 Å². The summed E-state index contributed by atoms with van der Waals surface area (Å²) in [5, 5.41) is 0. The highest BCUT2D eigenvalue weighted by atomic mass is 32.2. The molecule has 92 valence electrons. The van der Waals surface area contributed by atoms with Crippen LogP contribution in [0.4, 0.5) is 13.2 Å².